The number of hydrogen-bond donors (Lipinski definition) is 1. The number of carbonyl (C=O) groups is 1. The van der Waals surface area contributed by atoms with Crippen LogP contribution in [0.4, 0.5) is 22.0 Å². The monoisotopic (exact) mass is 645 g/mol. The van der Waals surface area contributed by atoms with Crippen LogP contribution in [0.1, 0.15) is 82.0 Å². The van der Waals surface area contributed by atoms with Crippen molar-refractivity contribution < 1.29 is 48.6 Å². The Morgan fingerprint density at radius 3 is 1.98 bits per heavy atom. The molecule has 1 aromatic heterocycles. The summed E-state index contributed by atoms with van der Waals surface area (Å²) in [5.41, 5.74) is -2.12. The molecule has 4 aliphatic carbocycles. The minimum Gasteiger partial charge on any atom is -0.458 e. The van der Waals surface area contributed by atoms with E-state index in [9.17, 15) is 35.2 Å². The molecule has 6 rings (SSSR count). The molecular weight excluding hydrogens is 609 g/mol. The number of esters is 1. The second-order valence-corrected chi connectivity index (χ2v) is 14.1. The number of nitrogens with zero attached hydrogens (tertiary/aromatic N) is 1. The summed E-state index contributed by atoms with van der Waals surface area (Å²) in [5.74, 6) is -11.6. The summed E-state index contributed by atoms with van der Waals surface area (Å²) in [4.78, 5) is 16.5. The molecule has 1 N–H and O–H groups in total. The van der Waals surface area contributed by atoms with E-state index in [0.29, 0.717) is 43.9 Å². The number of aromatic nitrogens is 1. The first-order chi connectivity index (χ1) is 20.7. The van der Waals surface area contributed by atoms with Crippen LogP contribution in [-0.4, -0.2) is 36.1 Å². The Morgan fingerprint density at radius 1 is 0.818 bits per heavy atom. The van der Waals surface area contributed by atoms with E-state index in [0.717, 1.165) is 25.7 Å². The van der Waals surface area contributed by atoms with Crippen molar-refractivity contribution in [2.75, 3.05) is 0 Å². The van der Waals surface area contributed by atoms with Crippen molar-refractivity contribution in [3.8, 4) is 0 Å². The fourth-order valence-electron chi connectivity index (χ4n) is 8.91. The van der Waals surface area contributed by atoms with Crippen LogP contribution in [0.25, 0.3) is 0 Å². The van der Waals surface area contributed by atoms with E-state index < -0.39 is 68.6 Å². The number of pyridine rings is 1. The molecule has 13 heteroatoms. The van der Waals surface area contributed by atoms with Gasteiger partial charge in [-0.15, -0.1) is 0 Å². The van der Waals surface area contributed by atoms with E-state index in [1.807, 2.05) is 25.1 Å². The zero-order valence-corrected chi connectivity index (χ0v) is 25.3. The number of benzene rings is 1. The number of rotatable bonds is 4. The Morgan fingerprint density at radius 2 is 1.41 bits per heavy atom. The lowest BCUT2D eigenvalue weighted by Gasteiger charge is -2.60. The Kier molecular flexibility index (Phi) is 9.14. The van der Waals surface area contributed by atoms with Crippen molar-refractivity contribution in [3.63, 3.8) is 0 Å². The summed E-state index contributed by atoms with van der Waals surface area (Å²) in [5, 5.41) is 0. The van der Waals surface area contributed by atoms with Gasteiger partial charge in [0, 0.05) is 17.8 Å². The van der Waals surface area contributed by atoms with Crippen LogP contribution in [0.15, 0.2) is 30.6 Å². The molecule has 7 nitrogen and oxygen atoms in total. The van der Waals surface area contributed by atoms with Crippen LogP contribution in [0, 0.1) is 63.6 Å². The normalized spacial score (nSPS) is 34.5. The number of fused-ring (bicyclic) bond motifs is 5. The quantitative estimate of drug-likeness (QED) is 0.123. The van der Waals surface area contributed by atoms with Gasteiger partial charge in [-0.1, -0.05) is 19.9 Å². The van der Waals surface area contributed by atoms with Gasteiger partial charge in [-0.25, -0.2) is 30.9 Å². The molecule has 44 heavy (non-hydrogen) atoms. The molecule has 0 radical (unpaired) electrons. The molecule has 0 bridgehead atoms. The van der Waals surface area contributed by atoms with Crippen LogP contribution in [0.5, 0.6) is 0 Å². The maximum atomic E-state index is 14.2. The highest BCUT2D eigenvalue weighted by molar-refractivity contribution is 7.80. The summed E-state index contributed by atoms with van der Waals surface area (Å²) < 4.78 is 111. The van der Waals surface area contributed by atoms with Gasteiger partial charge in [-0.3, -0.25) is 9.54 Å². The Labute approximate surface area is 253 Å². The molecule has 0 amide bonds. The highest BCUT2D eigenvalue weighted by Crippen LogP contribution is 2.66. The van der Waals surface area contributed by atoms with Gasteiger partial charge in [0.1, 0.15) is 11.7 Å². The van der Waals surface area contributed by atoms with Crippen molar-refractivity contribution in [1.82, 2.24) is 4.98 Å². The zero-order chi connectivity index (χ0) is 32.0. The van der Waals surface area contributed by atoms with Crippen molar-refractivity contribution in [2.24, 2.45) is 34.5 Å². The van der Waals surface area contributed by atoms with E-state index in [2.05, 4.69) is 11.9 Å². The van der Waals surface area contributed by atoms with Gasteiger partial charge in [0.25, 0.3) is 0 Å². The van der Waals surface area contributed by atoms with Gasteiger partial charge in [0.15, 0.2) is 23.3 Å². The molecule has 1 aromatic carbocycles. The van der Waals surface area contributed by atoms with Gasteiger partial charge in [-0.05, 0) is 99.0 Å². The summed E-state index contributed by atoms with van der Waals surface area (Å²) in [6, 6.07) is 5.72. The average Bonchev–Trinajstić information content (AvgIpc) is 3.31. The van der Waals surface area contributed by atoms with Crippen molar-refractivity contribution in [3.05, 3.63) is 65.2 Å². The molecule has 4 aliphatic rings. The van der Waals surface area contributed by atoms with Crippen LogP contribution >= 0.6 is 0 Å². The Bertz CT molecular complexity index is 1440. The molecule has 3 unspecified atom stereocenters. The Balaban J connectivity index is 0.000000573. The Hall–Kier alpha value is -2.64. The molecule has 4 saturated carbocycles. The van der Waals surface area contributed by atoms with E-state index in [1.54, 1.807) is 12.4 Å². The third kappa shape index (κ3) is 5.99. The van der Waals surface area contributed by atoms with Gasteiger partial charge in [0.05, 0.1) is 6.10 Å². The topological polar surface area (TPSA) is 103 Å². The first kappa shape index (κ1) is 32.7. The van der Waals surface area contributed by atoms with Gasteiger partial charge < -0.3 is 4.74 Å². The number of carbonyl (C=O) groups excluding carboxylic acids is 1. The zero-order valence-electron chi connectivity index (χ0n) is 24.4. The lowest BCUT2D eigenvalue weighted by molar-refractivity contribution is -0.132. The molecule has 0 aliphatic heterocycles. The van der Waals surface area contributed by atoms with Crippen LogP contribution in [0.2, 0.25) is 0 Å². The molecular formula is C31H36F5NO6S. The van der Waals surface area contributed by atoms with Crippen molar-refractivity contribution in [2.45, 2.75) is 83.8 Å². The summed E-state index contributed by atoms with van der Waals surface area (Å²) >= 11 is 0. The fourth-order valence-corrected chi connectivity index (χ4v) is 9.43. The van der Waals surface area contributed by atoms with Gasteiger partial charge in [0.2, 0.25) is 5.82 Å². The van der Waals surface area contributed by atoms with E-state index >= 15 is 0 Å². The molecule has 0 saturated heterocycles. The maximum Gasteiger partial charge on any atom is 0.397 e. The number of halogens is 5. The fraction of sp³-hybridized carbons (Fsp3) is 0.613. The minimum atomic E-state index is -4.52. The highest BCUT2D eigenvalue weighted by atomic mass is 32.3. The number of ether oxygens (including phenoxy) is 1. The summed E-state index contributed by atoms with van der Waals surface area (Å²) in [6.07, 6.45) is 8.38. The predicted octanol–water partition coefficient (Wildman–Crippen LogP) is 7.22. The average molecular weight is 646 g/mol. The second kappa shape index (κ2) is 12.3. The first-order valence-corrected chi connectivity index (χ1v) is 16.3. The van der Waals surface area contributed by atoms with Crippen LogP contribution in [0.3, 0.4) is 0 Å². The molecule has 0 spiro atoms. The molecule has 4 fully saturated rings. The third-order valence-electron chi connectivity index (χ3n) is 11.0. The van der Waals surface area contributed by atoms with Gasteiger partial charge >= 0.3 is 16.4 Å². The lowest BCUT2D eigenvalue weighted by atomic mass is 9.45. The molecule has 8 atom stereocenters. The highest BCUT2D eigenvalue weighted by Gasteiger charge is 2.61. The standard InChI is InChI=1S/C26H31F5O6S.C5H5N/c1-25-9-7-13(37-38(33,34)35)11-12(25)3-4-14-15-5-6-17(26(15,2)10-8-16(14)25)36-24(32)18-19(27)21(29)23(31)22(30)20(18)28;1-2-4-6-5-3-1/h12-17H,3-11H2,1-2H3,(H,33,34,35);1-5H/t12-,13-,14?,15?,16?,17+,25+,26+;/m1./s1. The van der Waals surface area contributed by atoms with E-state index in [4.69, 9.17) is 13.5 Å². The van der Waals surface area contributed by atoms with Crippen LogP contribution < -0.4 is 0 Å². The predicted molar refractivity (Wildman–Crippen MR) is 148 cm³/mol. The van der Waals surface area contributed by atoms with Crippen molar-refractivity contribution >= 4 is 16.4 Å². The van der Waals surface area contributed by atoms with Crippen LogP contribution in [-0.2, 0) is 19.3 Å². The smallest absolute Gasteiger partial charge is 0.397 e. The molecule has 2 aromatic rings. The second-order valence-electron chi connectivity index (χ2n) is 13.1. The van der Waals surface area contributed by atoms with Crippen molar-refractivity contribution in [1.29, 1.82) is 0 Å². The minimum absolute atomic E-state index is 0.0481. The largest absolute Gasteiger partial charge is 0.458 e. The third-order valence-corrected chi connectivity index (χ3v) is 11.5. The van der Waals surface area contributed by atoms with E-state index in [-0.39, 0.29) is 17.3 Å². The number of hydrogen-bond acceptors (Lipinski definition) is 6. The summed E-state index contributed by atoms with van der Waals surface area (Å²) in [6.45, 7) is 4.21. The summed E-state index contributed by atoms with van der Waals surface area (Å²) in [7, 11) is -4.52. The first-order valence-electron chi connectivity index (χ1n) is 14.9. The lowest BCUT2D eigenvalue weighted by Crippen LogP contribution is -2.55. The van der Waals surface area contributed by atoms with E-state index in [1.165, 1.54) is 0 Å². The molecule has 1 heterocycles. The maximum absolute atomic E-state index is 14.2. The molecule has 242 valence electrons. The van der Waals surface area contributed by atoms with Gasteiger partial charge in [-0.2, -0.15) is 8.42 Å². The SMILES string of the molecule is C[C@]12CCC3C(CC[C@@H]4C[C@H](OS(=O)(=O)O)CC[C@]34C)C1CC[C@@H]2OC(=O)c1c(F)c(F)c(F)c(F)c1F.c1ccncc1.